The lowest BCUT2D eigenvalue weighted by Crippen LogP contribution is -2.44. The molecule has 2 aliphatic heterocycles. The number of hydrazine groups is 1. The van der Waals surface area contributed by atoms with Crippen LogP contribution in [0.2, 0.25) is 0 Å². The Morgan fingerprint density at radius 1 is 1.20 bits per heavy atom. The fourth-order valence-corrected chi connectivity index (χ4v) is 4.42. The lowest BCUT2D eigenvalue weighted by atomic mass is 10.1. The van der Waals surface area contributed by atoms with Crippen LogP contribution < -0.4 is 20.5 Å². The van der Waals surface area contributed by atoms with Gasteiger partial charge >= 0.3 is 0 Å². The van der Waals surface area contributed by atoms with E-state index in [9.17, 15) is 0 Å². The van der Waals surface area contributed by atoms with E-state index in [-0.39, 0.29) is 0 Å². The first-order chi connectivity index (χ1) is 14.6. The topological polar surface area (TPSA) is 59.6 Å². The summed E-state index contributed by atoms with van der Waals surface area (Å²) in [6.07, 6.45) is 5.35. The molecule has 1 saturated carbocycles. The van der Waals surface area contributed by atoms with Gasteiger partial charge in [0.2, 0.25) is 0 Å². The minimum absolute atomic E-state index is 0.351. The van der Waals surface area contributed by atoms with Crippen LogP contribution in [0.5, 0.6) is 0 Å². The molecule has 4 heterocycles. The van der Waals surface area contributed by atoms with Gasteiger partial charge in [0.25, 0.3) is 0 Å². The van der Waals surface area contributed by atoms with Gasteiger partial charge in [0.05, 0.1) is 23.1 Å². The van der Waals surface area contributed by atoms with Gasteiger partial charge in [-0.15, -0.1) is 0 Å². The first-order valence-corrected chi connectivity index (χ1v) is 10.8. The normalized spacial score (nSPS) is 19.6. The molecule has 5 rings (SSSR count). The van der Waals surface area contributed by atoms with Gasteiger partial charge in [0, 0.05) is 31.9 Å². The summed E-state index contributed by atoms with van der Waals surface area (Å²) in [4.78, 5) is 14.1. The number of rotatable bonds is 8. The van der Waals surface area contributed by atoms with Gasteiger partial charge in [-0.1, -0.05) is 26.1 Å². The monoisotopic (exact) mass is 403 g/mol. The molecule has 2 aromatic heterocycles. The first-order valence-electron chi connectivity index (χ1n) is 10.8. The maximum absolute atomic E-state index is 5.04. The van der Waals surface area contributed by atoms with Crippen LogP contribution >= 0.6 is 0 Å². The molecule has 1 atom stereocenters. The van der Waals surface area contributed by atoms with Crippen molar-refractivity contribution in [3.63, 3.8) is 0 Å². The Balaban J connectivity index is 1.42. The summed E-state index contributed by atoms with van der Waals surface area (Å²) >= 11 is 0. The van der Waals surface area contributed by atoms with E-state index in [0.717, 1.165) is 60.6 Å². The minimum Gasteiger partial charge on any atom is -0.366 e. The Bertz CT molecular complexity index is 953. The number of nitrogens with zero attached hydrogens (tertiary/aromatic N) is 5. The lowest BCUT2D eigenvalue weighted by molar-refractivity contribution is 0.230. The van der Waals surface area contributed by atoms with Crippen molar-refractivity contribution in [3.8, 4) is 0 Å². The van der Waals surface area contributed by atoms with Gasteiger partial charge in [0.1, 0.15) is 11.6 Å². The molecule has 2 N–H and O–H groups in total. The van der Waals surface area contributed by atoms with Crippen LogP contribution in [0.1, 0.15) is 31.9 Å². The molecular formula is C23H29N7. The molecule has 0 unspecified atom stereocenters. The van der Waals surface area contributed by atoms with Crippen LogP contribution in [0.25, 0.3) is 5.70 Å². The van der Waals surface area contributed by atoms with Crippen molar-refractivity contribution in [1.29, 1.82) is 0 Å². The van der Waals surface area contributed by atoms with E-state index in [1.54, 1.807) is 6.20 Å². The van der Waals surface area contributed by atoms with Crippen molar-refractivity contribution in [3.05, 3.63) is 61.2 Å². The van der Waals surface area contributed by atoms with Gasteiger partial charge < -0.3 is 20.5 Å². The van der Waals surface area contributed by atoms with E-state index >= 15 is 0 Å². The number of nitrogens with one attached hydrogen (secondary N) is 2. The molecule has 0 aromatic carbocycles. The summed E-state index contributed by atoms with van der Waals surface area (Å²) in [5, 5.41) is 5.62. The second-order valence-corrected chi connectivity index (χ2v) is 8.19. The number of hydrogen-bond acceptors (Lipinski definition) is 7. The second kappa shape index (κ2) is 7.65. The molecule has 1 aliphatic carbocycles. The average molecular weight is 404 g/mol. The third-order valence-corrected chi connectivity index (χ3v) is 6.10. The van der Waals surface area contributed by atoms with Crippen molar-refractivity contribution < 1.29 is 0 Å². The number of anilines is 3. The maximum atomic E-state index is 5.04. The van der Waals surface area contributed by atoms with E-state index in [4.69, 9.17) is 4.98 Å². The summed E-state index contributed by atoms with van der Waals surface area (Å²) in [5.41, 5.74) is 6.32. The molecule has 30 heavy (non-hydrogen) atoms. The number of fused-ring (bicyclic) bond motifs is 4. The Kier molecular flexibility index (Phi) is 4.83. The molecular weight excluding hydrogens is 374 g/mol. The van der Waals surface area contributed by atoms with Crippen molar-refractivity contribution in [2.75, 3.05) is 34.8 Å². The van der Waals surface area contributed by atoms with E-state index in [0.29, 0.717) is 12.1 Å². The lowest BCUT2D eigenvalue weighted by Gasteiger charge is -2.38. The van der Waals surface area contributed by atoms with Gasteiger partial charge in [0.15, 0.2) is 5.82 Å². The van der Waals surface area contributed by atoms with E-state index in [1.807, 2.05) is 18.2 Å². The van der Waals surface area contributed by atoms with E-state index < -0.39 is 0 Å². The zero-order valence-electron chi connectivity index (χ0n) is 17.5. The zero-order chi connectivity index (χ0) is 20.7. The highest BCUT2D eigenvalue weighted by molar-refractivity contribution is 5.77. The molecule has 0 spiro atoms. The van der Waals surface area contributed by atoms with Gasteiger partial charge in [-0.2, -0.15) is 0 Å². The van der Waals surface area contributed by atoms with Crippen LogP contribution in [-0.2, 0) is 0 Å². The molecule has 7 heteroatoms. The summed E-state index contributed by atoms with van der Waals surface area (Å²) in [5.74, 6) is 2.53. The molecule has 2 aromatic rings. The van der Waals surface area contributed by atoms with Crippen molar-refractivity contribution in [1.82, 2.24) is 20.4 Å². The third-order valence-electron chi connectivity index (χ3n) is 6.10. The van der Waals surface area contributed by atoms with Crippen molar-refractivity contribution in [2.24, 2.45) is 0 Å². The molecule has 0 amide bonds. The maximum Gasteiger partial charge on any atom is 0.158 e. The van der Waals surface area contributed by atoms with Crippen LogP contribution in [0.4, 0.5) is 17.3 Å². The van der Waals surface area contributed by atoms with Crippen LogP contribution in [0, 0.1) is 0 Å². The quantitative estimate of drug-likeness (QED) is 0.655. The molecule has 2 fully saturated rings. The van der Waals surface area contributed by atoms with Gasteiger partial charge in [-0.3, -0.25) is 0 Å². The summed E-state index contributed by atoms with van der Waals surface area (Å²) in [7, 11) is 0. The molecule has 1 saturated heterocycles. The highest BCUT2D eigenvalue weighted by Gasteiger charge is 2.38. The largest absolute Gasteiger partial charge is 0.366 e. The van der Waals surface area contributed by atoms with Crippen molar-refractivity contribution in [2.45, 2.75) is 38.3 Å². The van der Waals surface area contributed by atoms with Gasteiger partial charge in [-0.25, -0.2) is 15.0 Å². The Hall–Kier alpha value is -3.06. The summed E-state index contributed by atoms with van der Waals surface area (Å²) < 4.78 is 0. The first kappa shape index (κ1) is 18.9. The molecule has 2 bridgehead atoms. The van der Waals surface area contributed by atoms with Crippen LogP contribution in [-0.4, -0.2) is 46.7 Å². The highest BCUT2D eigenvalue weighted by Crippen LogP contribution is 2.41. The van der Waals surface area contributed by atoms with Crippen LogP contribution in [0.3, 0.4) is 0 Å². The van der Waals surface area contributed by atoms with Gasteiger partial charge in [-0.05, 0) is 43.5 Å². The molecule has 0 radical (unpaired) electrons. The van der Waals surface area contributed by atoms with E-state index in [1.165, 1.54) is 12.8 Å². The SMILES string of the molecule is C=C(NN(CC)C1CC1)c1ccc2c(n1)N(C(=C)Nc1ccccn1)[C@H]1CCN2C1. The molecule has 3 aliphatic rings. The smallest absolute Gasteiger partial charge is 0.158 e. The Morgan fingerprint density at radius 3 is 2.80 bits per heavy atom. The fourth-order valence-electron chi connectivity index (χ4n) is 4.42. The fraction of sp³-hybridized carbons (Fsp3) is 0.391. The highest BCUT2D eigenvalue weighted by atomic mass is 15.5. The number of pyridine rings is 2. The predicted molar refractivity (Wildman–Crippen MR) is 122 cm³/mol. The summed E-state index contributed by atoms with van der Waals surface area (Å²) in [6, 6.07) is 11.0. The van der Waals surface area contributed by atoms with Crippen molar-refractivity contribution >= 4 is 23.0 Å². The summed E-state index contributed by atoms with van der Waals surface area (Å²) in [6.45, 7) is 13.7. The Morgan fingerprint density at radius 2 is 2.07 bits per heavy atom. The van der Waals surface area contributed by atoms with E-state index in [2.05, 4.69) is 62.7 Å². The third kappa shape index (κ3) is 3.50. The standard InChI is InChI=1S/C23H29N7/c1-4-29(18-8-9-18)27-16(2)20-10-11-21-23(26-20)30(19-12-14-28(21)15-19)17(3)25-22-7-5-6-13-24-22/h5-7,10-11,13,18-19,27H,2-4,8-9,12,14-15H2,1H3,(H,24,25)/t19-/m0/s1. The molecule has 7 nitrogen and oxygen atoms in total. The van der Waals surface area contributed by atoms with Crippen LogP contribution in [0.15, 0.2) is 55.5 Å². The average Bonchev–Trinajstić information content (AvgIpc) is 3.53. The zero-order valence-corrected chi connectivity index (χ0v) is 17.5. The predicted octanol–water partition coefficient (Wildman–Crippen LogP) is 3.42. The Labute approximate surface area is 178 Å². The minimum atomic E-state index is 0.351. The second-order valence-electron chi connectivity index (χ2n) is 8.19. The molecule has 156 valence electrons. The number of aromatic nitrogens is 2. The number of hydrogen-bond donors (Lipinski definition) is 2.